The molecule has 8 heteroatoms. The van der Waals surface area contributed by atoms with Crippen LogP contribution in [0.4, 0.5) is 26.3 Å². The summed E-state index contributed by atoms with van der Waals surface area (Å²) < 4.78 is 85.5. The van der Waals surface area contributed by atoms with Gasteiger partial charge in [-0.15, -0.1) is 0 Å². The van der Waals surface area contributed by atoms with Gasteiger partial charge >= 0.3 is 12.4 Å². The smallest absolute Gasteiger partial charge is 0.373 e. The van der Waals surface area contributed by atoms with Gasteiger partial charge in [-0.3, -0.25) is 0 Å². The molecule has 0 aromatic heterocycles. The normalized spacial score (nSPS) is 25.1. The lowest BCUT2D eigenvalue weighted by atomic mass is 9.64. The summed E-state index contributed by atoms with van der Waals surface area (Å²) in [6.07, 6.45) is -6.93. The summed E-state index contributed by atoms with van der Waals surface area (Å²) in [6.45, 7) is 3.70. The maximum Gasteiger partial charge on any atom is 0.416 e. The molecule has 0 bridgehead atoms. The van der Waals surface area contributed by atoms with E-state index in [0.717, 1.165) is 49.8 Å². The van der Waals surface area contributed by atoms with Gasteiger partial charge in [-0.2, -0.15) is 26.3 Å². The second kappa shape index (κ2) is 9.29. The SMILES string of the molecule is CCC1(N)CCC(CO[C@H](C)c2cc(C(F)(F)F)cc(C(F)(F)F)c2)(c2ccccc2)CC1. The lowest BCUT2D eigenvalue weighted by molar-refractivity contribution is -0.143. The van der Waals surface area contributed by atoms with Gasteiger partial charge in [0.2, 0.25) is 0 Å². The molecule has 33 heavy (non-hydrogen) atoms. The first-order valence-electron chi connectivity index (χ1n) is 11.0. The highest BCUT2D eigenvalue weighted by Gasteiger charge is 2.42. The Bertz CT molecular complexity index is 898. The molecule has 0 radical (unpaired) electrons. The van der Waals surface area contributed by atoms with Gasteiger partial charge in [0, 0.05) is 11.0 Å². The van der Waals surface area contributed by atoms with Crippen molar-refractivity contribution in [3.63, 3.8) is 0 Å². The first-order chi connectivity index (χ1) is 15.3. The number of benzene rings is 2. The third-order valence-corrected chi connectivity index (χ3v) is 6.98. The quantitative estimate of drug-likeness (QED) is 0.443. The molecule has 2 aromatic rings. The zero-order chi connectivity index (χ0) is 24.5. The summed E-state index contributed by atoms with van der Waals surface area (Å²) in [7, 11) is 0. The van der Waals surface area contributed by atoms with Crippen molar-refractivity contribution in [3.05, 3.63) is 70.8 Å². The van der Waals surface area contributed by atoms with Crippen molar-refractivity contribution in [1.29, 1.82) is 0 Å². The monoisotopic (exact) mass is 473 g/mol. The molecular formula is C25H29F6NO. The second-order valence-electron chi connectivity index (χ2n) is 9.15. The first kappa shape index (κ1) is 25.6. The van der Waals surface area contributed by atoms with Crippen molar-refractivity contribution in [1.82, 2.24) is 0 Å². The third kappa shape index (κ3) is 5.90. The first-order valence-corrected chi connectivity index (χ1v) is 11.0. The molecule has 0 aliphatic heterocycles. The predicted octanol–water partition coefficient (Wildman–Crippen LogP) is 7.42. The van der Waals surface area contributed by atoms with Gasteiger partial charge in [0.05, 0.1) is 23.8 Å². The maximum absolute atomic E-state index is 13.2. The van der Waals surface area contributed by atoms with E-state index >= 15 is 0 Å². The number of rotatable bonds is 6. The topological polar surface area (TPSA) is 35.2 Å². The van der Waals surface area contributed by atoms with E-state index in [1.807, 2.05) is 37.3 Å². The minimum absolute atomic E-state index is 0.133. The zero-order valence-electron chi connectivity index (χ0n) is 18.7. The molecule has 1 fully saturated rings. The average molecular weight is 474 g/mol. The van der Waals surface area contributed by atoms with Crippen LogP contribution in [0.5, 0.6) is 0 Å². The minimum atomic E-state index is -4.89. The van der Waals surface area contributed by atoms with Crippen LogP contribution in [0.3, 0.4) is 0 Å². The Morgan fingerprint density at radius 2 is 1.39 bits per heavy atom. The van der Waals surface area contributed by atoms with Crippen LogP contribution in [0.1, 0.15) is 74.3 Å². The molecule has 1 aliphatic rings. The molecule has 0 spiro atoms. The van der Waals surface area contributed by atoms with Gasteiger partial charge < -0.3 is 10.5 Å². The lowest BCUT2D eigenvalue weighted by Crippen LogP contribution is -2.48. The molecule has 2 aromatic carbocycles. The minimum Gasteiger partial charge on any atom is -0.373 e. The molecule has 0 heterocycles. The van der Waals surface area contributed by atoms with Crippen LogP contribution in [0, 0.1) is 0 Å². The maximum atomic E-state index is 13.2. The summed E-state index contributed by atoms with van der Waals surface area (Å²) in [5, 5.41) is 0. The molecule has 182 valence electrons. The van der Waals surface area contributed by atoms with E-state index in [0.29, 0.717) is 0 Å². The van der Waals surface area contributed by atoms with E-state index in [1.54, 1.807) is 0 Å². The van der Waals surface area contributed by atoms with Gasteiger partial charge in [-0.1, -0.05) is 37.3 Å². The van der Waals surface area contributed by atoms with Gasteiger partial charge in [0.25, 0.3) is 0 Å². The molecule has 3 rings (SSSR count). The fourth-order valence-corrected chi connectivity index (χ4v) is 4.48. The van der Waals surface area contributed by atoms with Crippen LogP contribution in [0.2, 0.25) is 0 Å². The van der Waals surface area contributed by atoms with Gasteiger partial charge in [-0.05, 0) is 68.4 Å². The van der Waals surface area contributed by atoms with E-state index in [4.69, 9.17) is 10.5 Å². The average Bonchev–Trinajstić information content (AvgIpc) is 2.78. The summed E-state index contributed by atoms with van der Waals surface area (Å²) in [6, 6.07) is 11.3. The lowest BCUT2D eigenvalue weighted by Gasteiger charge is -2.45. The van der Waals surface area contributed by atoms with Crippen LogP contribution in [0.15, 0.2) is 48.5 Å². The van der Waals surface area contributed by atoms with Crippen LogP contribution < -0.4 is 5.73 Å². The highest BCUT2D eigenvalue weighted by atomic mass is 19.4. The number of hydrogen-bond donors (Lipinski definition) is 1. The Morgan fingerprint density at radius 1 is 0.879 bits per heavy atom. The summed E-state index contributed by atoms with van der Waals surface area (Å²) >= 11 is 0. The van der Waals surface area contributed by atoms with E-state index in [1.165, 1.54) is 6.92 Å². The molecule has 2 nitrogen and oxygen atoms in total. The molecule has 1 saturated carbocycles. The molecular weight excluding hydrogens is 444 g/mol. The summed E-state index contributed by atoms with van der Waals surface area (Å²) in [5.41, 5.74) is 4.00. The number of halogens is 6. The van der Waals surface area contributed by atoms with Crippen molar-refractivity contribution < 1.29 is 31.1 Å². The number of ether oxygens (including phenoxy) is 1. The second-order valence-corrected chi connectivity index (χ2v) is 9.15. The Kier molecular flexibility index (Phi) is 7.20. The predicted molar refractivity (Wildman–Crippen MR) is 115 cm³/mol. The highest BCUT2D eigenvalue weighted by molar-refractivity contribution is 5.35. The largest absolute Gasteiger partial charge is 0.416 e. The molecule has 1 aliphatic carbocycles. The van der Waals surface area contributed by atoms with Crippen molar-refractivity contribution in [2.24, 2.45) is 5.73 Å². The molecule has 0 saturated heterocycles. The van der Waals surface area contributed by atoms with Gasteiger partial charge in [-0.25, -0.2) is 0 Å². The van der Waals surface area contributed by atoms with Crippen LogP contribution >= 0.6 is 0 Å². The van der Waals surface area contributed by atoms with Crippen molar-refractivity contribution in [2.75, 3.05) is 6.61 Å². The fraction of sp³-hybridized carbons (Fsp3) is 0.520. The Labute approximate surface area is 190 Å². The van der Waals surface area contributed by atoms with E-state index in [-0.39, 0.29) is 23.8 Å². The molecule has 0 unspecified atom stereocenters. The molecule has 0 amide bonds. The Hall–Kier alpha value is -2.06. The zero-order valence-corrected chi connectivity index (χ0v) is 18.7. The van der Waals surface area contributed by atoms with E-state index < -0.39 is 35.0 Å². The Balaban J connectivity index is 1.87. The van der Waals surface area contributed by atoms with Gasteiger partial charge in [0.1, 0.15) is 0 Å². The van der Waals surface area contributed by atoms with Crippen LogP contribution in [0.25, 0.3) is 0 Å². The summed E-state index contributed by atoms with van der Waals surface area (Å²) in [5.74, 6) is 0. The van der Waals surface area contributed by atoms with Gasteiger partial charge in [0.15, 0.2) is 0 Å². The van der Waals surface area contributed by atoms with Crippen molar-refractivity contribution in [3.8, 4) is 0 Å². The number of alkyl halides is 6. The summed E-state index contributed by atoms with van der Waals surface area (Å²) in [4.78, 5) is 0. The Morgan fingerprint density at radius 3 is 1.85 bits per heavy atom. The van der Waals surface area contributed by atoms with E-state index in [2.05, 4.69) is 0 Å². The van der Waals surface area contributed by atoms with Crippen molar-refractivity contribution in [2.45, 2.75) is 75.4 Å². The van der Waals surface area contributed by atoms with Crippen LogP contribution in [-0.2, 0) is 22.5 Å². The number of hydrogen-bond acceptors (Lipinski definition) is 2. The molecule has 1 atom stereocenters. The highest BCUT2D eigenvalue weighted by Crippen LogP contribution is 2.45. The van der Waals surface area contributed by atoms with Crippen LogP contribution in [-0.4, -0.2) is 12.1 Å². The number of nitrogens with two attached hydrogens (primary N) is 1. The van der Waals surface area contributed by atoms with E-state index in [9.17, 15) is 26.3 Å². The molecule has 2 N–H and O–H groups in total. The van der Waals surface area contributed by atoms with Crippen molar-refractivity contribution >= 4 is 0 Å². The fourth-order valence-electron chi connectivity index (χ4n) is 4.48. The standard InChI is InChI=1S/C25H29F6NO/c1-3-23(32)11-9-22(10-12-23,19-7-5-4-6-8-19)16-33-17(2)18-13-20(24(26,27)28)15-21(14-18)25(29,30)31/h4-8,13-15,17H,3,9-12,16,32H2,1-2H3/t17-,22?,23?/m1/s1. The third-order valence-electron chi connectivity index (χ3n) is 6.98.